The van der Waals surface area contributed by atoms with Gasteiger partial charge in [-0.2, -0.15) is 0 Å². The number of rotatable bonds is 8. The monoisotopic (exact) mass is 276 g/mol. The molecular formula is C12H21O5P. The lowest BCUT2D eigenvalue weighted by molar-refractivity contribution is -0.187. The van der Waals surface area contributed by atoms with Crippen LogP contribution in [0.3, 0.4) is 0 Å². The summed E-state index contributed by atoms with van der Waals surface area (Å²) in [5, 5.41) is 9.94. The molecule has 0 fully saturated rings. The summed E-state index contributed by atoms with van der Waals surface area (Å²) in [6.07, 6.45) is 4.60. The molecule has 18 heavy (non-hydrogen) atoms. The number of hydrogen-bond donors (Lipinski definition) is 1. The molecule has 104 valence electrons. The van der Waals surface area contributed by atoms with Crippen molar-refractivity contribution in [2.75, 3.05) is 0 Å². The first-order valence-electron chi connectivity index (χ1n) is 6.20. The van der Waals surface area contributed by atoms with Crippen molar-refractivity contribution in [1.29, 1.82) is 0 Å². The average molecular weight is 276 g/mol. The highest BCUT2D eigenvalue weighted by atomic mass is 31.1. The Balaban J connectivity index is 4.65. The molecule has 0 aromatic heterocycles. The fourth-order valence-electron chi connectivity index (χ4n) is 1.72. The van der Waals surface area contributed by atoms with Crippen molar-refractivity contribution in [1.82, 2.24) is 0 Å². The standard InChI is InChI=1S/C12H21O5P/c1-4-6-7-8-10(5-2)11(13)9(3)12(14)17-18(15)16/h10,13H,4-8H2,1-3H3. The van der Waals surface area contributed by atoms with Crippen molar-refractivity contribution < 1.29 is 23.9 Å². The first kappa shape index (κ1) is 17.1. The van der Waals surface area contributed by atoms with Crippen LogP contribution in [0.4, 0.5) is 0 Å². The Bertz CT molecular complexity index is 324. The average Bonchev–Trinajstić information content (AvgIpc) is 2.32. The molecule has 0 saturated heterocycles. The Hall–Kier alpha value is -0.930. The van der Waals surface area contributed by atoms with Gasteiger partial charge < -0.3 is 10.00 Å². The lowest BCUT2D eigenvalue weighted by atomic mass is 9.94. The summed E-state index contributed by atoms with van der Waals surface area (Å²) >= 11 is 0. The van der Waals surface area contributed by atoms with E-state index in [9.17, 15) is 19.4 Å². The molecule has 0 rings (SSSR count). The Morgan fingerprint density at radius 3 is 2.44 bits per heavy atom. The van der Waals surface area contributed by atoms with Gasteiger partial charge in [-0.05, 0) is 24.3 Å². The molecule has 0 bridgehead atoms. The normalized spacial score (nSPS) is 14.8. The minimum Gasteiger partial charge on any atom is -0.558 e. The maximum atomic E-state index is 11.3. The van der Waals surface area contributed by atoms with E-state index in [1.54, 1.807) is 0 Å². The zero-order valence-corrected chi connectivity index (χ0v) is 12.0. The molecule has 0 aromatic carbocycles. The summed E-state index contributed by atoms with van der Waals surface area (Å²) in [5.41, 5.74) is -0.0300. The SMILES string of the molecule is CCCCCC(CC)C(O)=C(C)C(=O)O[P+](=O)[O-]. The van der Waals surface area contributed by atoms with Gasteiger partial charge in [0.2, 0.25) is 0 Å². The topological polar surface area (TPSA) is 86.7 Å². The van der Waals surface area contributed by atoms with Crippen LogP contribution in [0.1, 0.15) is 52.9 Å². The summed E-state index contributed by atoms with van der Waals surface area (Å²) in [6, 6.07) is 0. The molecule has 0 saturated carbocycles. The number of aliphatic hydroxyl groups is 1. The van der Waals surface area contributed by atoms with Gasteiger partial charge >= 0.3 is 14.2 Å². The number of allylic oxidation sites excluding steroid dienone is 1. The number of aliphatic hydroxyl groups excluding tert-OH is 1. The van der Waals surface area contributed by atoms with Gasteiger partial charge in [-0.1, -0.05) is 33.1 Å². The minimum atomic E-state index is -3.23. The molecule has 0 spiro atoms. The van der Waals surface area contributed by atoms with E-state index in [1.165, 1.54) is 6.92 Å². The molecule has 0 radical (unpaired) electrons. The van der Waals surface area contributed by atoms with E-state index < -0.39 is 14.2 Å². The van der Waals surface area contributed by atoms with E-state index in [0.29, 0.717) is 6.42 Å². The van der Waals surface area contributed by atoms with Crippen molar-refractivity contribution in [3.63, 3.8) is 0 Å². The second kappa shape index (κ2) is 9.06. The Kier molecular flexibility index (Phi) is 8.59. The number of carbonyl (C=O) groups excluding carboxylic acids is 1. The van der Waals surface area contributed by atoms with Gasteiger partial charge in [-0.3, -0.25) is 0 Å². The van der Waals surface area contributed by atoms with Crippen LogP contribution < -0.4 is 4.89 Å². The van der Waals surface area contributed by atoms with Gasteiger partial charge in [0, 0.05) is 5.92 Å². The Morgan fingerprint density at radius 2 is 2.00 bits per heavy atom. The molecule has 0 aliphatic rings. The van der Waals surface area contributed by atoms with Crippen molar-refractivity contribution in [2.24, 2.45) is 5.92 Å². The van der Waals surface area contributed by atoms with Crippen LogP contribution >= 0.6 is 8.25 Å². The van der Waals surface area contributed by atoms with E-state index in [-0.39, 0.29) is 17.3 Å². The van der Waals surface area contributed by atoms with Crippen molar-refractivity contribution in [3.05, 3.63) is 11.3 Å². The second-order valence-corrected chi connectivity index (χ2v) is 4.84. The van der Waals surface area contributed by atoms with Crippen molar-refractivity contribution in [3.8, 4) is 0 Å². The first-order chi connectivity index (χ1) is 8.43. The quantitative estimate of drug-likeness (QED) is 0.319. The van der Waals surface area contributed by atoms with E-state index in [0.717, 1.165) is 25.7 Å². The van der Waals surface area contributed by atoms with Crippen molar-refractivity contribution in [2.45, 2.75) is 52.9 Å². The highest BCUT2D eigenvalue weighted by molar-refractivity contribution is 7.31. The van der Waals surface area contributed by atoms with E-state index >= 15 is 0 Å². The maximum absolute atomic E-state index is 11.3. The van der Waals surface area contributed by atoms with E-state index in [2.05, 4.69) is 11.4 Å². The largest absolute Gasteiger partial charge is 0.558 e. The maximum Gasteiger partial charge on any atom is 0.542 e. The third kappa shape index (κ3) is 6.12. The molecule has 6 heteroatoms. The van der Waals surface area contributed by atoms with Crippen LogP contribution in [-0.2, 0) is 13.9 Å². The molecule has 0 heterocycles. The summed E-state index contributed by atoms with van der Waals surface area (Å²) in [7, 11) is -3.23. The van der Waals surface area contributed by atoms with Crippen LogP contribution in [0.5, 0.6) is 0 Å². The van der Waals surface area contributed by atoms with Gasteiger partial charge in [0.05, 0.1) is 5.57 Å². The molecule has 2 unspecified atom stereocenters. The Morgan fingerprint density at radius 1 is 1.39 bits per heavy atom. The van der Waals surface area contributed by atoms with Gasteiger partial charge in [-0.15, -0.1) is 0 Å². The molecule has 5 nitrogen and oxygen atoms in total. The second-order valence-electron chi connectivity index (χ2n) is 4.21. The fraction of sp³-hybridized carbons (Fsp3) is 0.750. The van der Waals surface area contributed by atoms with Crippen LogP contribution in [0, 0.1) is 5.92 Å². The molecule has 0 aliphatic carbocycles. The fourth-order valence-corrected chi connectivity index (χ4v) is 1.99. The van der Waals surface area contributed by atoms with E-state index in [1.807, 2.05) is 6.92 Å². The van der Waals surface area contributed by atoms with Crippen LogP contribution in [-0.4, -0.2) is 11.1 Å². The molecule has 0 amide bonds. The van der Waals surface area contributed by atoms with Crippen LogP contribution in [0.25, 0.3) is 0 Å². The zero-order valence-electron chi connectivity index (χ0n) is 11.1. The predicted octanol–water partition coefficient (Wildman–Crippen LogP) is 2.99. The molecule has 2 atom stereocenters. The molecular weight excluding hydrogens is 255 g/mol. The zero-order chi connectivity index (χ0) is 14.1. The first-order valence-corrected chi connectivity index (χ1v) is 7.29. The lowest BCUT2D eigenvalue weighted by Crippen LogP contribution is -2.12. The third-order valence-electron chi connectivity index (χ3n) is 2.88. The number of carbonyl (C=O) groups is 1. The van der Waals surface area contributed by atoms with Crippen molar-refractivity contribution >= 4 is 14.2 Å². The summed E-state index contributed by atoms with van der Waals surface area (Å²) in [5.74, 6) is -1.18. The summed E-state index contributed by atoms with van der Waals surface area (Å²) in [6.45, 7) is 5.38. The van der Waals surface area contributed by atoms with Crippen LogP contribution in [0.15, 0.2) is 11.3 Å². The molecule has 0 aliphatic heterocycles. The minimum absolute atomic E-state index is 0.0300. The summed E-state index contributed by atoms with van der Waals surface area (Å²) in [4.78, 5) is 21.6. The highest BCUT2D eigenvalue weighted by Gasteiger charge is 2.22. The van der Waals surface area contributed by atoms with Gasteiger partial charge in [-0.25, -0.2) is 9.32 Å². The third-order valence-corrected chi connectivity index (χ3v) is 3.20. The summed E-state index contributed by atoms with van der Waals surface area (Å²) < 4.78 is 14.3. The predicted molar refractivity (Wildman–Crippen MR) is 67.0 cm³/mol. The molecule has 0 aromatic rings. The Labute approximate surface area is 109 Å². The number of hydrogen-bond acceptors (Lipinski definition) is 5. The molecule has 1 N–H and O–H groups in total. The van der Waals surface area contributed by atoms with Gasteiger partial charge in [0.15, 0.2) is 0 Å². The number of unbranched alkanes of at least 4 members (excludes halogenated alkanes) is 2. The van der Waals surface area contributed by atoms with Gasteiger partial charge in [0.1, 0.15) is 5.76 Å². The van der Waals surface area contributed by atoms with Gasteiger partial charge in [0.25, 0.3) is 0 Å². The smallest absolute Gasteiger partial charge is 0.542 e. The lowest BCUT2D eigenvalue weighted by Gasteiger charge is -2.15. The van der Waals surface area contributed by atoms with E-state index in [4.69, 9.17) is 0 Å². The van der Waals surface area contributed by atoms with Crippen LogP contribution in [0.2, 0.25) is 0 Å². The highest BCUT2D eigenvalue weighted by Crippen LogP contribution is 2.24.